The first-order chi connectivity index (χ1) is 5.11. The molecule has 0 heterocycles. The molecule has 11 heavy (non-hydrogen) atoms. The number of hydrogen-bond donors (Lipinski definition) is 0. The monoisotopic (exact) mass is 170 g/mol. The van der Waals surface area contributed by atoms with Crippen LogP contribution in [0.1, 0.15) is 12.5 Å². The van der Waals surface area contributed by atoms with Crippen molar-refractivity contribution in [1.82, 2.24) is 0 Å². The fourth-order valence-corrected chi connectivity index (χ4v) is 0.879. The molecule has 0 atom stereocenters. The molecule has 0 aliphatic rings. The van der Waals surface area contributed by atoms with Crippen LogP contribution in [-0.4, -0.2) is 0 Å². The third-order valence-corrected chi connectivity index (χ3v) is 1.72. The molecule has 1 rings (SSSR count). The Kier molecular flexibility index (Phi) is 2.30. The van der Waals surface area contributed by atoms with Gasteiger partial charge in [0.15, 0.2) is 0 Å². The SMILES string of the molecule is C=C(C)c1ccc(Cl)c(F)c1. The van der Waals surface area contributed by atoms with Crippen LogP contribution in [0.25, 0.3) is 5.57 Å². The highest BCUT2D eigenvalue weighted by Crippen LogP contribution is 2.19. The van der Waals surface area contributed by atoms with Gasteiger partial charge in [0.2, 0.25) is 0 Å². The molecule has 0 bridgehead atoms. The van der Waals surface area contributed by atoms with Gasteiger partial charge in [-0.3, -0.25) is 0 Å². The van der Waals surface area contributed by atoms with Gasteiger partial charge in [-0.15, -0.1) is 0 Å². The van der Waals surface area contributed by atoms with Crippen molar-refractivity contribution in [2.75, 3.05) is 0 Å². The Labute approximate surface area is 70.3 Å². The molecule has 0 fully saturated rings. The van der Waals surface area contributed by atoms with Gasteiger partial charge < -0.3 is 0 Å². The molecule has 0 nitrogen and oxygen atoms in total. The topological polar surface area (TPSA) is 0 Å². The molecule has 0 spiro atoms. The molecule has 0 N–H and O–H groups in total. The minimum Gasteiger partial charge on any atom is -0.205 e. The summed E-state index contributed by atoms with van der Waals surface area (Å²) in [6.07, 6.45) is 0. The van der Waals surface area contributed by atoms with Crippen LogP contribution in [0.15, 0.2) is 24.8 Å². The second-order valence-corrected chi connectivity index (χ2v) is 2.82. The Hall–Kier alpha value is -0.820. The normalized spacial score (nSPS) is 9.73. The second kappa shape index (κ2) is 3.05. The lowest BCUT2D eigenvalue weighted by Gasteiger charge is -1.99. The van der Waals surface area contributed by atoms with Crippen LogP contribution in [0.3, 0.4) is 0 Å². The quantitative estimate of drug-likeness (QED) is 0.605. The Balaban J connectivity index is 3.15. The smallest absolute Gasteiger partial charge is 0.142 e. The van der Waals surface area contributed by atoms with E-state index in [1.165, 1.54) is 12.1 Å². The average Bonchev–Trinajstić information content (AvgIpc) is 1.94. The summed E-state index contributed by atoms with van der Waals surface area (Å²) in [5.41, 5.74) is 1.62. The maximum atomic E-state index is 12.8. The summed E-state index contributed by atoms with van der Waals surface area (Å²) in [4.78, 5) is 0. The Morgan fingerprint density at radius 3 is 2.64 bits per heavy atom. The highest BCUT2D eigenvalue weighted by Gasteiger charge is 2.00. The van der Waals surface area contributed by atoms with Gasteiger partial charge in [-0.1, -0.05) is 29.8 Å². The van der Waals surface area contributed by atoms with E-state index in [2.05, 4.69) is 6.58 Å². The van der Waals surface area contributed by atoms with E-state index >= 15 is 0 Å². The number of rotatable bonds is 1. The summed E-state index contributed by atoms with van der Waals surface area (Å²) in [5, 5.41) is 0.148. The molecule has 0 amide bonds. The largest absolute Gasteiger partial charge is 0.205 e. The maximum Gasteiger partial charge on any atom is 0.142 e. The zero-order chi connectivity index (χ0) is 8.43. The molecule has 0 radical (unpaired) electrons. The number of hydrogen-bond acceptors (Lipinski definition) is 0. The third kappa shape index (κ3) is 1.81. The van der Waals surface area contributed by atoms with Crippen molar-refractivity contribution in [2.45, 2.75) is 6.92 Å². The molecule has 2 heteroatoms. The minimum atomic E-state index is -0.396. The van der Waals surface area contributed by atoms with E-state index in [0.29, 0.717) is 0 Å². The van der Waals surface area contributed by atoms with Crippen molar-refractivity contribution >= 4 is 17.2 Å². The summed E-state index contributed by atoms with van der Waals surface area (Å²) in [7, 11) is 0. The highest BCUT2D eigenvalue weighted by molar-refractivity contribution is 6.30. The van der Waals surface area contributed by atoms with Crippen LogP contribution in [-0.2, 0) is 0 Å². The standard InChI is InChI=1S/C9H8ClF/c1-6(2)7-3-4-8(10)9(11)5-7/h3-5H,1H2,2H3. The van der Waals surface area contributed by atoms with Crippen LogP contribution in [0.5, 0.6) is 0 Å². The van der Waals surface area contributed by atoms with Crippen molar-refractivity contribution in [3.63, 3.8) is 0 Å². The molecule has 0 aliphatic heterocycles. The van der Waals surface area contributed by atoms with E-state index in [9.17, 15) is 4.39 Å². The Morgan fingerprint density at radius 2 is 2.18 bits per heavy atom. The lowest BCUT2D eigenvalue weighted by atomic mass is 10.1. The first kappa shape index (κ1) is 8.28. The van der Waals surface area contributed by atoms with Crippen LogP contribution in [0.2, 0.25) is 5.02 Å². The van der Waals surface area contributed by atoms with E-state index in [0.717, 1.165) is 11.1 Å². The Bertz CT molecular complexity index is 292. The van der Waals surface area contributed by atoms with Gasteiger partial charge in [0.1, 0.15) is 5.82 Å². The molecule has 0 unspecified atom stereocenters. The Morgan fingerprint density at radius 1 is 1.55 bits per heavy atom. The molecular formula is C9H8ClF. The average molecular weight is 171 g/mol. The third-order valence-electron chi connectivity index (χ3n) is 1.41. The summed E-state index contributed by atoms with van der Waals surface area (Å²) in [6.45, 7) is 5.51. The van der Waals surface area contributed by atoms with E-state index < -0.39 is 5.82 Å². The summed E-state index contributed by atoms with van der Waals surface area (Å²) < 4.78 is 12.8. The molecule has 0 aromatic heterocycles. The molecule has 1 aromatic rings. The van der Waals surface area contributed by atoms with Crippen molar-refractivity contribution in [2.24, 2.45) is 0 Å². The zero-order valence-electron chi connectivity index (χ0n) is 6.20. The summed E-state index contributed by atoms with van der Waals surface area (Å²) in [6, 6.07) is 4.65. The van der Waals surface area contributed by atoms with E-state index in [4.69, 9.17) is 11.6 Å². The van der Waals surface area contributed by atoms with Gasteiger partial charge >= 0.3 is 0 Å². The maximum absolute atomic E-state index is 12.8. The highest BCUT2D eigenvalue weighted by atomic mass is 35.5. The second-order valence-electron chi connectivity index (χ2n) is 2.41. The fourth-order valence-electron chi connectivity index (χ4n) is 0.762. The van der Waals surface area contributed by atoms with E-state index in [1.54, 1.807) is 6.07 Å². The zero-order valence-corrected chi connectivity index (χ0v) is 6.95. The lowest BCUT2D eigenvalue weighted by molar-refractivity contribution is 0.628. The number of allylic oxidation sites excluding steroid dienone is 1. The predicted molar refractivity (Wildman–Crippen MR) is 46.1 cm³/mol. The van der Waals surface area contributed by atoms with Crippen LogP contribution in [0.4, 0.5) is 4.39 Å². The van der Waals surface area contributed by atoms with Crippen molar-refractivity contribution < 1.29 is 4.39 Å². The van der Waals surface area contributed by atoms with Crippen molar-refractivity contribution in [1.29, 1.82) is 0 Å². The van der Waals surface area contributed by atoms with E-state index in [1.807, 2.05) is 6.92 Å². The molecule has 58 valence electrons. The van der Waals surface area contributed by atoms with Crippen LogP contribution >= 0.6 is 11.6 Å². The predicted octanol–water partition coefficient (Wildman–Crippen LogP) is 3.51. The minimum absolute atomic E-state index is 0.148. The van der Waals surface area contributed by atoms with Gasteiger partial charge in [0, 0.05) is 0 Å². The van der Waals surface area contributed by atoms with Gasteiger partial charge in [0.05, 0.1) is 5.02 Å². The summed E-state index contributed by atoms with van der Waals surface area (Å²) in [5.74, 6) is -0.396. The van der Waals surface area contributed by atoms with Crippen LogP contribution < -0.4 is 0 Å². The number of halogens is 2. The fraction of sp³-hybridized carbons (Fsp3) is 0.111. The van der Waals surface area contributed by atoms with Gasteiger partial charge in [0.25, 0.3) is 0 Å². The molecular weight excluding hydrogens is 163 g/mol. The van der Waals surface area contributed by atoms with E-state index in [-0.39, 0.29) is 5.02 Å². The molecule has 1 aromatic carbocycles. The van der Waals surface area contributed by atoms with Crippen LogP contribution in [0, 0.1) is 5.82 Å². The molecule has 0 saturated carbocycles. The van der Waals surface area contributed by atoms with Gasteiger partial charge in [-0.2, -0.15) is 0 Å². The van der Waals surface area contributed by atoms with Crippen molar-refractivity contribution in [3.8, 4) is 0 Å². The van der Waals surface area contributed by atoms with Gasteiger partial charge in [-0.25, -0.2) is 4.39 Å². The van der Waals surface area contributed by atoms with Gasteiger partial charge in [-0.05, 0) is 24.6 Å². The first-order valence-electron chi connectivity index (χ1n) is 3.22. The molecule has 0 aliphatic carbocycles. The summed E-state index contributed by atoms with van der Waals surface area (Å²) >= 11 is 5.48. The first-order valence-corrected chi connectivity index (χ1v) is 3.60. The van der Waals surface area contributed by atoms with Crippen molar-refractivity contribution in [3.05, 3.63) is 41.2 Å². The number of benzene rings is 1. The lowest BCUT2D eigenvalue weighted by Crippen LogP contribution is -1.81. The molecule has 0 saturated heterocycles.